The molecule has 0 aliphatic carbocycles. The molecule has 0 atom stereocenters. The number of halogens is 3. The first-order chi connectivity index (χ1) is 14.8. The van der Waals surface area contributed by atoms with Gasteiger partial charge in [-0.3, -0.25) is 4.79 Å². The molecule has 0 aliphatic rings. The Morgan fingerprint density at radius 1 is 1.23 bits per heavy atom. The second-order valence-electron chi connectivity index (χ2n) is 6.25. The number of hydrogen-bond donors (Lipinski definition) is 1. The van der Waals surface area contributed by atoms with E-state index in [2.05, 4.69) is 9.97 Å². The van der Waals surface area contributed by atoms with Gasteiger partial charge in [-0.1, -0.05) is 17.8 Å². The molecule has 10 heteroatoms. The molecular formula is C21H16F3N3O3S. The Bertz CT molecular complexity index is 1200. The summed E-state index contributed by atoms with van der Waals surface area (Å²) in [7, 11) is 1.45. The highest BCUT2D eigenvalue weighted by molar-refractivity contribution is 7.98. The maximum Gasteiger partial charge on any atom is 0.416 e. The summed E-state index contributed by atoms with van der Waals surface area (Å²) >= 11 is 1.22. The molecular weight excluding hydrogens is 431 g/mol. The van der Waals surface area contributed by atoms with Crippen LogP contribution in [0.2, 0.25) is 0 Å². The molecule has 2 aromatic carbocycles. The lowest BCUT2D eigenvalue weighted by Crippen LogP contribution is -2.14. The molecule has 31 heavy (non-hydrogen) atoms. The standard InChI is InChI=1S/C21H16F3N3O3S/c1-29-17-7-6-12(18-16(10-25)19(28)27-20(26-18)31-2)8-13(17)11-30-15-5-3-4-14(9-15)21(22,23)24/h3-9H,11H2,1-2H3,(H,26,27,28). The van der Waals surface area contributed by atoms with Gasteiger partial charge in [-0.25, -0.2) is 4.98 Å². The molecule has 1 N–H and O–H groups in total. The Kier molecular flexibility index (Phi) is 6.56. The fourth-order valence-electron chi connectivity index (χ4n) is 2.82. The fraction of sp³-hybridized carbons (Fsp3) is 0.190. The third-order valence-electron chi connectivity index (χ3n) is 4.31. The lowest BCUT2D eigenvalue weighted by atomic mass is 10.0. The number of hydrogen-bond acceptors (Lipinski definition) is 6. The minimum absolute atomic E-state index is 0.0407. The molecule has 1 heterocycles. The van der Waals surface area contributed by atoms with Gasteiger partial charge in [0, 0.05) is 11.1 Å². The largest absolute Gasteiger partial charge is 0.496 e. The van der Waals surface area contributed by atoms with Crippen LogP contribution in [0.15, 0.2) is 52.4 Å². The van der Waals surface area contributed by atoms with Crippen molar-refractivity contribution in [3.8, 4) is 28.8 Å². The highest BCUT2D eigenvalue weighted by atomic mass is 32.2. The number of ether oxygens (including phenoxy) is 2. The fourth-order valence-corrected chi connectivity index (χ4v) is 3.20. The van der Waals surface area contributed by atoms with Gasteiger partial charge in [0.25, 0.3) is 5.56 Å². The van der Waals surface area contributed by atoms with Crippen LogP contribution in [-0.2, 0) is 12.8 Å². The summed E-state index contributed by atoms with van der Waals surface area (Å²) in [6.45, 7) is -0.0984. The molecule has 0 fully saturated rings. The van der Waals surface area contributed by atoms with Gasteiger partial charge >= 0.3 is 6.18 Å². The molecule has 6 nitrogen and oxygen atoms in total. The van der Waals surface area contributed by atoms with Crippen LogP contribution in [-0.4, -0.2) is 23.3 Å². The van der Waals surface area contributed by atoms with E-state index in [1.54, 1.807) is 24.5 Å². The van der Waals surface area contributed by atoms with Gasteiger partial charge < -0.3 is 14.5 Å². The average Bonchev–Trinajstić information content (AvgIpc) is 2.76. The van der Waals surface area contributed by atoms with E-state index >= 15 is 0 Å². The SMILES string of the molecule is COc1ccc(-c2nc(SC)[nH]c(=O)c2C#N)cc1COc1cccc(C(F)(F)F)c1. The third-order valence-corrected chi connectivity index (χ3v) is 4.89. The number of nitrogens with zero attached hydrogens (tertiary/aromatic N) is 2. The van der Waals surface area contributed by atoms with Crippen LogP contribution in [0.3, 0.4) is 0 Å². The molecule has 1 aromatic heterocycles. The van der Waals surface area contributed by atoms with Crippen LogP contribution in [0.1, 0.15) is 16.7 Å². The van der Waals surface area contributed by atoms with Crippen LogP contribution >= 0.6 is 11.8 Å². The molecule has 0 aliphatic heterocycles. The van der Waals surface area contributed by atoms with Gasteiger partial charge in [0.15, 0.2) is 5.16 Å². The minimum Gasteiger partial charge on any atom is -0.496 e. The van der Waals surface area contributed by atoms with E-state index in [1.165, 1.54) is 31.0 Å². The van der Waals surface area contributed by atoms with E-state index in [1.807, 2.05) is 6.07 Å². The van der Waals surface area contributed by atoms with E-state index in [-0.39, 0.29) is 23.6 Å². The normalized spacial score (nSPS) is 11.1. The summed E-state index contributed by atoms with van der Waals surface area (Å²) in [4.78, 5) is 19.0. The molecule has 0 amide bonds. The predicted molar refractivity (Wildman–Crippen MR) is 109 cm³/mol. The Labute approximate surface area is 179 Å². The van der Waals surface area contributed by atoms with Crippen LogP contribution < -0.4 is 15.0 Å². The van der Waals surface area contributed by atoms with Gasteiger partial charge in [-0.05, 0) is 42.7 Å². The maximum absolute atomic E-state index is 12.9. The maximum atomic E-state index is 12.9. The van der Waals surface area contributed by atoms with Gasteiger partial charge in [0.2, 0.25) is 0 Å². The highest BCUT2D eigenvalue weighted by Gasteiger charge is 2.30. The lowest BCUT2D eigenvalue weighted by molar-refractivity contribution is -0.137. The Balaban J connectivity index is 1.97. The van der Waals surface area contributed by atoms with Crippen molar-refractivity contribution in [2.45, 2.75) is 17.9 Å². The first kappa shape index (κ1) is 22.2. The van der Waals surface area contributed by atoms with Gasteiger partial charge in [-0.2, -0.15) is 18.4 Å². The van der Waals surface area contributed by atoms with E-state index in [9.17, 15) is 23.2 Å². The molecule has 0 bridgehead atoms. The van der Waals surface area contributed by atoms with E-state index < -0.39 is 17.3 Å². The van der Waals surface area contributed by atoms with Crippen LogP contribution in [0.25, 0.3) is 11.3 Å². The zero-order valence-corrected chi connectivity index (χ0v) is 17.2. The number of alkyl halides is 3. The Morgan fingerprint density at radius 2 is 2.00 bits per heavy atom. The van der Waals surface area contributed by atoms with E-state index in [4.69, 9.17) is 9.47 Å². The topological polar surface area (TPSA) is 88.0 Å². The predicted octanol–water partition coefficient (Wildman–Crippen LogP) is 4.64. The molecule has 3 aromatic rings. The zero-order valence-electron chi connectivity index (χ0n) is 16.4. The number of aromatic amines is 1. The van der Waals surface area contributed by atoms with Crippen molar-refractivity contribution in [3.05, 3.63) is 69.5 Å². The van der Waals surface area contributed by atoms with Crippen molar-refractivity contribution in [3.63, 3.8) is 0 Å². The zero-order chi connectivity index (χ0) is 22.6. The van der Waals surface area contributed by atoms with E-state index in [0.717, 1.165) is 12.1 Å². The molecule has 0 unspecified atom stereocenters. The van der Waals surface area contributed by atoms with Gasteiger partial charge in [-0.15, -0.1) is 0 Å². The lowest BCUT2D eigenvalue weighted by Gasteiger charge is -2.14. The van der Waals surface area contributed by atoms with Crippen LogP contribution in [0.4, 0.5) is 13.2 Å². The van der Waals surface area contributed by atoms with Crippen LogP contribution in [0.5, 0.6) is 11.5 Å². The number of benzene rings is 2. The van der Waals surface area contributed by atoms with Crippen LogP contribution in [0, 0.1) is 11.3 Å². The summed E-state index contributed by atoms with van der Waals surface area (Å²) < 4.78 is 49.6. The summed E-state index contributed by atoms with van der Waals surface area (Å²) in [6, 6.07) is 11.3. The van der Waals surface area contributed by atoms with Crippen molar-refractivity contribution >= 4 is 11.8 Å². The quantitative estimate of drug-likeness (QED) is 0.438. The molecule has 0 radical (unpaired) electrons. The first-order valence-corrected chi connectivity index (χ1v) is 10.0. The van der Waals surface area contributed by atoms with Crippen molar-refractivity contribution in [2.24, 2.45) is 0 Å². The average molecular weight is 447 g/mol. The summed E-state index contributed by atoms with van der Waals surface area (Å²) in [6.07, 6.45) is -2.75. The first-order valence-electron chi connectivity index (χ1n) is 8.82. The molecule has 3 rings (SSSR count). The number of rotatable bonds is 6. The number of H-pyrrole nitrogens is 1. The van der Waals surface area contributed by atoms with Gasteiger partial charge in [0.05, 0.1) is 18.4 Å². The van der Waals surface area contributed by atoms with Crippen molar-refractivity contribution in [1.82, 2.24) is 9.97 Å². The van der Waals surface area contributed by atoms with Crippen molar-refractivity contribution in [1.29, 1.82) is 5.26 Å². The third kappa shape index (κ3) is 5.00. The Hall–Kier alpha value is -3.45. The summed E-state index contributed by atoms with van der Waals surface area (Å²) in [5.74, 6) is 0.475. The number of methoxy groups -OCH3 is 1. The number of nitriles is 1. The number of aromatic nitrogens is 2. The number of nitrogens with one attached hydrogen (secondary N) is 1. The minimum atomic E-state index is -4.48. The second kappa shape index (κ2) is 9.14. The van der Waals surface area contributed by atoms with E-state index in [0.29, 0.717) is 22.0 Å². The molecule has 0 saturated heterocycles. The molecule has 0 saturated carbocycles. The number of thioether (sulfide) groups is 1. The summed E-state index contributed by atoms with van der Waals surface area (Å²) in [5.41, 5.74) is -0.349. The Morgan fingerprint density at radius 3 is 2.65 bits per heavy atom. The van der Waals surface area contributed by atoms with Gasteiger partial charge in [0.1, 0.15) is 29.7 Å². The van der Waals surface area contributed by atoms with Crippen molar-refractivity contribution < 1.29 is 22.6 Å². The molecule has 160 valence electrons. The summed E-state index contributed by atoms with van der Waals surface area (Å²) in [5, 5.41) is 9.72. The highest BCUT2D eigenvalue weighted by Crippen LogP contribution is 2.32. The van der Waals surface area contributed by atoms with Crippen molar-refractivity contribution in [2.75, 3.05) is 13.4 Å². The monoisotopic (exact) mass is 447 g/mol. The smallest absolute Gasteiger partial charge is 0.416 e. The second-order valence-corrected chi connectivity index (χ2v) is 7.05. The molecule has 0 spiro atoms.